The molecule has 1 heterocycles. The fourth-order valence-corrected chi connectivity index (χ4v) is 3.74. The van der Waals surface area contributed by atoms with Crippen LogP contribution in [0.2, 0.25) is 0 Å². The fraction of sp³-hybridized carbons (Fsp3) is 0.185. The number of aromatic nitrogens is 1. The second-order valence-electron chi connectivity index (χ2n) is 7.41. The lowest BCUT2D eigenvalue weighted by atomic mass is 9.96. The standard InChI is InChI=1S/C27H26N2O2/c1-2-31-23-12-9-21(10-13-23)24-14-11-22(26-19-28-17-16-25(24)26)18-29-27(30)15-8-20-6-4-3-5-7-20/h3-7,9-14,16-17,19H,2,8,15,18H2,1H3,(H,29,30). The van der Waals surface area contributed by atoms with Gasteiger partial charge in [-0.15, -0.1) is 0 Å². The third-order valence-corrected chi connectivity index (χ3v) is 5.34. The van der Waals surface area contributed by atoms with Gasteiger partial charge >= 0.3 is 0 Å². The molecule has 0 spiro atoms. The van der Waals surface area contributed by atoms with Gasteiger partial charge in [0.25, 0.3) is 0 Å². The summed E-state index contributed by atoms with van der Waals surface area (Å²) in [6, 6.07) is 24.4. The molecule has 3 aromatic carbocycles. The van der Waals surface area contributed by atoms with Crippen molar-refractivity contribution >= 4 is 16.7 Å². The average molecular weight is 411 g/mol. The van der Waals surface area contributed by atoms with E-state index in [1.165, 1.54) is 5.56 Å². The van der Waals surface area contributed by atoms with E-state index in [2.05, 4.69) is 34.6 Å². The number of hydrogen-bond acceptors (Lipinski definition) is 3. The lowest BCUT2D eigenvalue weighted by Crippen LogP contribution is -2.23. The lowest BCUT2D eigenvalue weighted by Gasteiger charge is -2.13. The highest BCUT2D eigenvalue weighted by atomic mass is 16.5. The van der Waals surface area contributed by atoms with Crippen LogP contribution in [0.25, 0.3) is 21.9 Å². The number of amides is 1. The van der Waals surface area contributed by atoms with E-state index in [-0.39, 0.29) is 5.91 Å². The summed E-state index contributed by atoms with van der Waals surface area (Å²) in [5.41, 5.74) is 4.50. The molecule has 1 N–H and O–H groups in total. The molecule has 156 valence electrons. The van der Waals surface area contributed by atoms with Gasteiger partial charge in [0, 0.05) is 30.7 Å². The number of rotatable bonds is 8. The maximum atomic E-state index is 12.4. The van der Waals surface area contributed by atoms with E-state index in [1.807, 2.05) is 67.8 Å². The number of nitrogens with zero attached hydrogens (tertiary/aromatic N) is 1. The minimum Gasteiger partial charge on any atom is -0.494 e. The molecule has 31 heavy (non-hydrogen) atoms. The van der Waals surface area contributed by atoms with Crippen LogP contribution in [0, 0.1) is 0 Å². The first-order chi connectivity index (χ1) is 15.2. The first-order valence-electron chi connectivity index (χ1n) is 10.6. The highest BCUT2D eigenvalue weighted by Crippen LogP contribution is 2.31. The summed E-state index contributed by atoms with van der Waals surface area (Å²) in [5, 5.41) is 5.23. The van der Waals surface area contributed by atoms with Gasteiger partial charge in [0.1, 0.15) is 5.75 Å². The molecule has 0 radical (unpaired) electrons. The molecule has 0 bridgehead atoms. The summed E-state index contributed by atoms with van der Waals surface area (Å²) in [5.74, 6) is 0.920. The number of carbonyl (C=O) groups excluding carboxylic acids is 1. The maximum Gasteiger partial charge on any atom is 0.220 e. The van der Waals surface area contributed by atoms with E-state index >= 15 is 0 Å². The van der Waals surface area contributed by atoms with Gasteiger partial charge in [-0.3, -0.25) is 9.78 Å². The number of ether oxygens (including phenoxy) is 1. The van der Waals surface area contributed by atoms with Crippen LogP contribution in [0.5, 0.6) is 5.75 Å². The molecule has 0 aliphatic carbocycles. The average Bonchev–Trinajstić information content (AvgIpc) is 2.82. The van der Waals surface area contributed by atoms with Gasteiger partial charge in [-0.25, -0.2) is 0 Å². The zero-order valence-electron chi connectivity index (χ0n) is 17.7. The molecule has 0 saturated carbocycles. The molecular formula is C27H26N2O2. The first-order valence-corrected chi connectivity index (χ1v) is 10.6. The Hall–Kier alpha value is -3.66. The normalized spacial score (nSPS) is 10.7. The Morgan fingerprint density at radius 2 is 1.74 bits per heavy atom. The number of nitrogens with one attached hydrogen (secondary N) is 1. The van der Waals surface area contributed by atoms with Crippen molar-refractivity contribution in [1.82, 2.24) is 10.3 Å². The Morgan fingerprint density at radius 1 is 0.935 bits per heavy atom. The zero-order chi connectivity index (χ0) is 21.5. The molecule has 0 aliphatic heterocycles. The number of aryl methyl sites for hydroxylation is 1. The summed E-state index contributed by atoms with van der Waals surface area (Å²) in [6.45, 7) is 3.12. The molecule has 0 aliphatic rings. The van der Waals surface area contributed by atoms with Crippen molar-refractivity contribution < 1.29 is 9.53 Å². The van der Waals surface area contributed by atoms with Crippen LogP contribution in [0.3, 0.4) is 0 Å². The van der Waals surface area contributed by atoms with E-state index in [4.69, 9.17) is 4.74 Å². The topological polar surface area (TPSA) is 51.2 Å². The van der Waals surface area contributed by atoms with E-state index in [0.29, 0.717) is 19.6 Å². The van der Waals surface area contributed by atoms with Crippen LogP contribution in [0.15, 0.2) is 85.2 Å². The molecular weight excluding hydrogens is 384 g/mol. The third kappa shape index (κ3) is 5.10. The largest absolute Gasteiger partial charge is 0.494 e. The van der Waals surface area contributed by atoms with E-state index < -0.39 is 0 Å². The van der Waals surface area contributed by atoms with Gasteiger partial charge in [-0.05, 0) is 59.2 Å². The van der Waals surface area contributed by atoms with Crippen LogP contribution in [-0.2, 0) is 17.8 Å². The smallest absolute Gasteiger partial charge is 0.220 e. The van der Waals surface area contributed by atoms with Gasteiger partial charge in [0.15, 0.2) is 0 Å². The van der Waals surface area contributed by atoms with Gasteiger partial charge < -0.3 is 10.1 Å². The van der Waals surface area contributed by atoms with Gasteiger partial charge in [-0.2, -0.15) is 0 Å². The Kier molecular flexibility index (Phi) is 6.58. The molecule has 0 saturated heterocycles. The number of fused-ring (bicyclic) bond motifs is 1. The van der Waals surface area contributed by atoms with Crippen molar-refractivity contribution in [1.29, 1.82) is 0 Å². The van der Waals surface area contributed by atoms with Crippen LogP contribution >= 0.6 is 0 Å². The van der Waals surface area contributed by atoms with E-state index in [0.717, 1.165) is 39.6 Å². The van der Waals surface area contributed by atoms with Crippen LogP contribution in [0.1, 0.15) is 24.5 Å². The molecule has 1 aromatic heterocycles. The number of hydrogen-bond donors (Lipinski definition) is 1. The second-order valence-corrected chi connectivity index (χ2v) is 7.41. The van der Waals surface area contributed by atoms with Crippen molar-refractivity contribution in [2.24, 2.45) is 0 Å². The Bertz CT molecular complexity index is 1150. The summed E-state index contributed by atoms with van der Waals surface area (Å²) >= 11 is 0. The lowest BCUT2D eigenvalue weighted by molar-refractivity contribution is -0.121. The zero-order valence-corrected chi connectivity index (χ0v) is 17.7. The van der Waals surface area contributed by atoms with Crippen molar-refractivity contribution in [2.45, 2.75) is 26.3 Å². The Labute approximate surface area is 182 Å². The molecule has 4 nitrogen and oxygen atoms in total. The Morgan fingerprint density at radius 3 is 2.52 bits per heavy atom. The molecule has 4 rings (SSSR count). The SMILES string of the molecule is CCOc1ccc(-c2ccc(CNC(=O)CCc3ccccc3)c3cnccc23)cc1. The maximum absolute atomic E-state index is 12.4. The van der Waals surface area contributed by atoms with E-state index in [9.17, 15) is 4.79 Å². The Balaban J connectivity index is 1.49. The molecule has 1 amide bonds. The summed E-state index contributed by atoms with van der Waals surface area (Å²) in [4.78, 5) is 16.7. The fourth-order valence-electron chi connectivity index (χ4n) is 3.74. The van der Waals surface area contributed by atoms with Crippen LogP contribution in [-0.4, -0.2) is 17.5 Å². The van der Waals surface area contributed by atoms with Crippen molar-refractivity contribution in [2.75, 3.05) is 6.61 Å². The van der Waals surface area contributed by atoms with Gasteiger partial charge in [-0.1, -0.05) is 54.6 Å². The van der Waals surface area contributed by atoms with Crippen molar-refractivity contribution in [3.05, 3.63) is 96.3 Å². The van der Waals surface area contributed by atoms with Gasteiger partial charge in [0.05, 0.1) is 6.61 Å². The van der Waals surface area contributed by atoms with Crippen molar-refractivity contribution in [3.63, 3.8) is 0 Å². The van der Waals surface area contributed by atoms with Gasteiger partial charge in [0.2, 0.25) is 5.91 Å². The van der Waals surface area contributed by atoms with Crippen molar-refractivity contribution in [3.8, 4) is 16.9 Å². The minimum atomic E-state index is 0.0523. The van der Waals surface area contributed by atoms with E-state index in [1.54, 1.807) is 0 Å². The van der Waals surface area contributed by atoms with Crippen LogP contribution < -0.4 is 10.1 Å². The quantitative estimate of drug-likeness (QED) is 0.414. The second kappa shape index (κ2) is 9.90. The molecule has 4 aromatic rings. The summed E-state index contributed by atoms with van der Waals surface area (Å²) in [6.07, 6.45) is 4.90. The highest BCUT2D eigenvalue weighted by Gasteiger charge is 2.10. The number of pyridine rings is 1. The molecule has 0 fully saturated rings. The summed E-state index contributed by atoms with van der Waals surface area (Å²) in [7, 11) is 0. The monoisotopic (exact) mass is 410 g/mol. The highest BCUT2D eigenvalue weighted by molar-refractivity contribution is 5.98. The number of carbonyl (C=O) groups is 1. The predicted octanol–water partition coefficient (Wildman–Crippen LogP) is 5.55. The molecule has 0 unspecified atom stereocenters. The number of benzene rings is 3. The predicted molar refractivity (Wildman–Crippen MR) is 125 cm³/mol. The molecule has 0 atom stereocenters. The van der Waals surface area contributed by atoms with Crippen LogP contribution in [0.4, 0.5) is 0 Å². The molecule has 4 heteroatoms. The summed E-state index contributed by atoms with van der Waals surface area (Å²) < 4.78 is 5.56. The first kappa shape index (κ1) is 20.6. The minimum absolute atomic E-state index is 0.0523. The third-order valence-electron chi connectivity index (χ3n) is 5.34.